The van der Waals surface area contributed by atoms with Gasteiger partial charge in [0.25, 0.3) is 11.8 Å². The molecule has 5 nitrogen and oxygen atoms in total. The molecule has 7 heteroatoms. The molecular weight excluding hydrogens is 426 g/mol. The Morgan fingerprint density at radius 1 is 1.10 bits per heavy atom. The van der Waals surface area contributed by atoms with Crippen LogP contribution in [0.15, 0.2) is 52.7 Å². The fourth-order valence-electron chi connectivity index (χ4n) is 3.62. The summed E-state index contributed by atoms with van der Waals surface area (Å²) in [6.45, 7) is 5.51. The van der Waals surface area contributed by atoms with E-state index < -0.39 is 0 Å². The summed E-state index contributed by atoms with van der Waals surface area (Å²) in [5, 5.41) is 6.12. The third-order valence-corrected chi connectivity index (χ3v) is 7.24. The van der Waals surface area contributed by atoms with Crippen LogP contribution in [0.5, 0.6) is 0 Å². The van der Waals surface area contributed by atoms with Crippen molar-refractivity contribution in [2.24, 2.45) is 0 Å². The Morgan fingerprint density at radius 2 is 1.84 bits per heavy atom. The zero-order valence-electron chi connectivity index (χ0n) is 17.7. The number of anilines is 1. The molecule has 31 heavy (non-hydrogen) atoms. The lowest BCUT2D eigenvalue weighted by Crippen LogP contribution is -2.28. The van der Waals surface area contributed by atoms with Crippen LogP contribution in [0.2, 0.25) is 0 Å². The lowest BCUT2D eigenvalue weighted by atomic mass is 10.0. The summed E-state index contributed by atoms with van der Waals surface area (Å²) in [6.07, 6.45) is 2.11. The summed E-state index contributed by atoms with van der Waals surface area (Å²) in [4.78, 5) is 33.0. The first kappa shape index (κ1) is 21.6. The van der Waals surface area contributed by atoms with Gasteiger partial charge in [-0.2, -0.15) is 0 Å². The van der Waals surface area contributed by atoms with E-state index in [9.17, 15) is 9.59 Å². The predicted octanol–water partition coefficient (Wildman–Crippen LogP) is 5.54. The minimum atomic E-state index is -0.180. The van der Waals surface area contributed by atoms with E-state index in [0.717, 1.165) is 52.8 Å². The highest BCUT2D eigenvalue weighted by Gasteiger charge is 2.22. The number of likely N-dealkylation sites (tertiary alicyclic amines) is 1. The zero-order valence-corrected chi connectivity index (χ0v) is 19.3. The molecule has 0 spiro atoms. The number of aryl methyl sites for hydroxylation is 1. The van der Waals surface area contributed by atoms with E-state index >= 15 is 0 Å². The van der Waals surface area contributed by atoms with Crippen LogP contribution in [0.4, 0.5) is 5.69 Å². The minimum absolute atomic E-state index is 0.0442. The van der Waals surface area contributed by atoms with Gasteiger partial charge in [-0.05, 0) is 68.7 Å². The molecule has 1 aromatic heterocycles. The summed E-state index contributed by atoms with van der Waals surface area (Å²) < 4.78 is 0. The van der Waals surface area contributed by atoms with Crippen LogP contribution in [0, 0.1) is 13.8 Å². The Hall–Kier alpha value is -2.64. The van der Waals surface area contributed by atoms with Crippen LogP contribution in [-0.2, 0) is 5.75 Å². The van der Waals surface area contributed by atoms with Crippen molar-refractivity contribution in [1.82, 2.24) is 9.88 Å². The zero-order chi connectivity index (χ0) is 21.8. The van der Waals surface area contributed by atoms with Crippen LogP contribution in [0.3, 0.4) is 0 Å². The number of nitrogens with one attached hydrogen (secondary N) is 1. The molecule has 2 aromatic carbocycles. The predicted molar refractivity (Wildman–Crippen MR) is 127 cm³/mol. The maximum absolute atomic E-state index is 12.8. The van der Waals surface area contributed by atoms with Crippen LogP contribution in [0.1, 0.15) is 49.8 Å². The first-order chi connectivity index (χ1) is 15.0. The van der Waals surface area contributed by atoms with Crippen molar-refractivity contribution in [2.75, 3.05) is 18.4 Å². The van der Waals surface area contributed by atoms with Crippen molar-refractivity contribution >= 4 is 40.6 Å². The van der Waals surface area contributed by atoms with Gasteiger partial charge in [-0.3, -0.25) is 9.59 Å². The highest BCUT2D eigenvalue weighted by atomic mass is 32.2. The topological polar surface area (TPSA) is 62.3 Å². The quantitative estimate of drug-likeness (QED) is 0.500. The molecule has 1 fully saturated rings. The molecule has 1 N–H and O–H groups in total. The Bertz CT molecular complexity index is 1090. The van der Waals surface area contributed by atoms with E-state index in [-0.39, 0.29) is 11.8 Å². The molecule has 0 aliphatic carbocycles. The first-order valence-corrected chi connectivity index (χ1v) is 12.2. The van der Waals surface area contributed by atoms with Crippen LogP contribution in [-0.4, -0.2) is 34.8 Å². The van der Waals surface area contributed by atoms with Gasteiger partial charge in [0.15, 0.2) is 0 Å². The number of benzene rings is 2. The molecule has 2 amide bonds. The molecule has 0 bridgehead atoms. The summed E-state index contributed by atoms with van der Waals surface area (Å²) >= 11 is 3.36. The number of aromatic nitrogens is 1. The van der Waals surface area contributed by atoms with Crippen molar-refractivity contribution in [3.05, 3.63) is 75.2 Å². The average Bonchev–Trinajstić information content (AvgIpc) is 3.45. The van der Waals surface area contributed by atoms with Crippen molar-refractivity contribution < 1.29 is 9.59 Å². The van der Waals surface area contributed by atoms with E-state index in [1.54, 1.807) is 23.1 Å². The second-order valence-electron chi connectivity index (χ2n) is 7.60. The molecule has 3 aromatic rings. The van der Waals surface area contributed by atoms with Crippen molar-refractivity contribution in [3.8, 4) is 0 Å². The maximum Gasteiger partial charge on any atom is 0.255 e. The van der Waals surface area contributed by atoms with Crippen molar-refractivity contribution in [1.29, 1.82) is 0 Å². The normalized spacial score (nSPS) is 13.4. The van der Waals surface area contributed by atoms with Gasteiger partial charge < -0.3 is 10.2 Å². The van der Waals surface area contributed by atoms with E-state index in [4.69, 9.17) is 0 Å². The Morgan fingerprint density at radius 3 is 2.52 bits per heavy atom. The SMILES string of the molecule is Cc1nc(CSc2ccc(C(=O)Nc3cccc(C(=O)N4CCCC4)c3C)cc2)cs1. The van der Waals surface area contributed by atoms with Gasteiger partial charge in [-0.25, -0.2) is 4.98 Å². The monoisotopic (exact) mass is 451 g/mol. The van der Waals surface area contributed by atoms with Crippen LogP contribution >= 0.6 is 23.1 Å². The summed E-state index contributed by atoms with van der Waals surface area (Å²) in [6, 6.07) is 13.1. The number of thiazole rings is 1. The van der Waals surface area contributed by atoms with Crippen molar-refractivity contribution in [2.45, 2.75) is 37.3 Å². The fraction of sp³-hybridized carbons (Fsp3) is 0.292. The molecule has 0 unspecified atom stereocenters. The second kappa shape index (κ2) is 9.66. The van der Waals surface area contributed by atoms with E-state index in [0.29, 0.717) is 16.8 Å². The molecular formula is C24H25N3O2S2. The molecule has 0 atom stereocenters. The van der Waals surface area contributed by atoms with Gasteiger partial charge in [0.1, 0.15) is 0 Å². The molecule has 4 rings (SSSR count). The number of amides is 2. The van der Waals surface area contributed by atoms with Gasteiger partial charge in [0.05, 0.1) is 10.7 Å². The van der Waals surface area contributed by atoms with Gasteiger partial charge in [0.2, 0.25) is 0 Å². The highest BCUT2D eigenvalue weighted by molar-refractivity contribution is 7.98. The number of hydrogen-bond donors (Lipinski definition) is 1. The molecule has 1 aliphatic heterocycles. The lowest BCUT2D eigenvalue weighted by Gasteiger charge is -2.18. The minimum Gasteiger partial charge on any atom is -0.339 e. The van der Waals surface area contributed by atoms with Crippen molar-refractivity contribution in [3.63, 3.8) is 0 Å². The Balaban J connectivity index is 1.41. The molecule has 0 radical (unpaired) electrons. The summed E-state index contributed by atoms with van der Waals surface area (Å²) in [5.74, 6) is 0.677. The number of thioether (sulfide) groups is 1. The highest BCUT2D eigenvalue weighted by Crippen LogP contribution is 2.25. The molecule has 0 saturated carbocycles. The number of hydrogen-bond acceptors (Lipinski definition) is 5. The molecule has 2 heterocycles. The van der Waals surface area contributed by atoms with E-state index in [2.05, 4.69) is 15.7 Å². The maximum atomic E-state index is 12.8. The first-order valence-electron chi connectivity index (χ1n) is 10.4. The Labute approximate surface area is 190 Å². The Kier molecular flexibility index (Phi) is 6.73. The smallest absolute Gasteiger partial charge is 0.255 e. The molecule has 1 aliphatic rings. The van der Waals surface area contributed by atoms with E-state index in [1.807, 2.05) is 61.2 Å². The third kappa shape index (κ3) is 5.17. The van der Waals surface area contributed by atoms with E-state index in [1.165, 1.54) is 0 Å². The number of nitrogens with zero attached hydrogens (tertiary/aromatic N) is 2. The summed E-state index contributed by atoms with van der Waals surface area (Å²) in [5.41, 5.74) is 3.80. The standard InChI is InChI=1S/C24H25N3O2S2/c1-16-21(24(29)27-12-3-4-13-27)6-5-7-22(16)26-23(28)18-8-10-20(11-9-18)31-15-19-14-30-17(2)25-19/h5-11,14H,3-4,12-13,15H2,1-2H3,(H,26,28). The number of rotatable bonds is 6. The van der Waals surface area contributed by atoms with Gasteiger partial charge in [-0.15, -0.1) is 23.1 Å². The van der Waals surface area contributed by atoms with Crippen LogP contribution < -0.4 is 5.32 Å². The average molecular weight is 452 g/mol. The number of carbonyl (C=O) groups is 2. The van der Waals surface area contributed by atoms with Gasteiger partial charge >= 0.3 is 0 Å². The second-order valence-corrected chi connectivity index (χ2v) is 9.71. The van der Waals surface area contributed by atoms with Gasteiger partial charge in [0, 0.05) is 45.9 Å². The number of carbonyl (C=O) groups excluding carboxylic acids is 2. The molecule has 1 saturated heterocycles. The fourth-order valence-corrected chi connectivity index (χ4v) is 5.13. The lowest BCUT2D eigenvalue weighted by molar-refractivity contribution is 0.0791. The van der Waals surface area contributed by atoms with Gasteiger partial charge in [-0.1, -0.05) is 6.07 Å². The summed E-state index contributed by atoms with van der Waals surface area (Å²) in [7, 11) is 0. The largest absolute Gasteiger partial charge is 0.339 e. The van der Waals surface area contributed by atoms with Crippen LogP contribution in [0.25, 0.3) is 0 Å². The third-order valence-electron chi connectivity index (χ3n) is 5.38. The molecule has 160 valence electrons.